The van der Waals surface area contributed by atoms with Crippen molar-refractivity contribution in [2.75, 3.05) is 0 Å². The first kappa shape index (κ1) is 19.0. The molecule has 0 saturated heterocycles. The van der Waals surface area contributed by atoms with Gasteiger partial charge in [-0.15, -0.1) is 10.2 Å². The minimum absolute atomic E-state index is 0.167. The zero-order valence-electron chi connectivity index (χ0n) is 18.3. The number of aryl methyl sites for hydroxylation is 1. The molecule has 1 aromatic carbocycles. The maximum Gasteiger partial charge on any atom is 0.226 e. The van der Waals surface area contributed by atoms with E-state index in [9.17, 15) is 4.79 Å². The second-order valence-electron chi connectivity index (χ2n) is 10.6. The molecule has 4 saturated carbocycles. The van der Waals surface area contributed by atoms with Crippen molar-refractivity contribution in [2.45, 2.75) is 63.8 Å². The van der Waals surface area contributed by atoms with E-state index in [-0.39, 0.29) is 22.8 Å². The maximum absolute atomic E-state index is 13.8. The van der Waals surface area contributed by atoms with E-state index in [1.807, 2.05) is 35.7 Å². The summed E-state index contributed by atoms with van der Waals surface area (Å²) in [6.45, 7) is 4.17. The van der Waals surface area contributed by atoms with Crippen molar-refractivity contribution >= 4 is 11.6 Å². The predicted octanol–water partition coefficient (Wildman–Crippen LogP) is 4.75. The molecular weight excluding hydrogens is 384 g/mol. The number of pyridine rings is 1. The highest BCUT2D eigenvalue weighted by Gasteiger charge is 2.61. The number of aromatic nitrogens is 3. The lowest BCUT2D eigenvalue weighted by molar-refractivity contribution is -0.149. The van der Waals surface area contributed by atoms with Gasteiger partial charge in [-0.25, -0.2) is 0 Å². The first-order chi connectivity index (χ1) is 15.0. The van der Waals surface area contributed by atoms with E-state index in [0.29, 0.717) is 11.8 Å². The largest absolute Gasteiger partial charge is 0.346 e. The van der Waals surface area contributed by atoms with Gasteiger partial charge in [0, 0.05) is 6.20 Å². The number of hydrogen-bond acceptors (Lipinski definition) is 3. The third-order valence-electron chi connectivity index (χ3n) is 8.28. The minimum atomic E-state index is -0.246. The van der Waals surface area contributed by atoms with Crippen LogP contribution in [0.25, 0.3) is 5.65 Å². The maximum atomic E-state index is 13.8. The van der Waals surface area contributed by atoms with Crippen molar-refractivity contribution < 1.29 is 4.79 Å². The van der Waals surface area contributed by atoms with E-state index in [0.717, 1.165) is 30.7 Å². The molecule has 5 nitrogen and oxygen atoms in total. The lowest BCUT2D eigenvalue weighted by atomic mass is 9.42. The molecule has 3 unspecified atom stereocenters. The highest BCUT2D eigenvalue weighted by atomic mass is 16.2. The van der Waals surface area contributed by atoms with Crippen LogP contribution in [0.1, 0.15) is 68.4 Å². The number of nitrogens with zero attached hydrogens (tertiary/aromatic N) is 3. The van der Waals surface area contributed by atoms with E-state index in [2.05, 4.69) is 46.7 Å². The number of nitrogens with one attached hydrogen (secondary N) is 1. The fourth-order valence-corrected chi connectivity index (χ4v) is 7.34. The number of amides is 1. The van der Waals surface area contributed by atoms with Crippen molar-refractivity contribution in [1.29, 1.82) is 0 Å². The molecule has 0 radical (unpaired) electrons. The third-order valence-corrected chi connectivity index (χ3v) is 8.28. The fourth-order valence-electron chi connectivity index (χ4n) is 7.34. The van der Waals surface area contributed by atoms with Gasteiger partial charge < -0.3 is 5.32 Å². The summed E-state index contributed by atoms with van der Waals surface area (Å²) in [6, 6.07) is 14.8. The minimum Gasteiger partial charge on any atom is -0.346 e. The van der Waals surface area contributed by atoms with Gasteiger partial charge in [0.05, 0.1) is 11.5 Å². The van der Waals surface area contributed by atoms with Crippen LogP contribution in [0.2, 0.25) is 0 Å². The van der Waals surface area contributed by atoms with Crippen LogP contribution in [-0.2, 0) is 10.2 Å². The van der Waals surface area contributed by atoms with Crippen molar-refractivity contribution in [3.8, 4) is 0 Å². The summed E-state index contributed by atoms with van der Waals surface area (Å²) >= 11 is 0. The van der Waals surface area contributed by atoms with Crippen LogP contribution in [0.5, 0.6) is 0 Å². The van der Waals surface area contributed by atoms with Gasteiger partial charge in [0.15, 0.2) is 11.5 Å². The van der Waals surface area contributed by atoms with Crippen LogP contribution in [0.4, 0.5) is 0 Å². The van der Waals surface area contributed by atoms with Crippen molar-refractivity contribution in [1.82, 2.24) is 19.9 Å². The summed E-state index contributed by atoms with van der Waals surface area (Å²) < 4.78 is 1.97. The van der Waals surface area contributed by atoms with Gasteiger partial charge in [-0.1, -0.05) is 35.9 Å². The van der Waals surface area contributed by atoms with Gasteiger partial charge in [0.2, 0.25) is 5.91 Å². The van der Waals surface area contributed by atoms with Crippen molar-refractivity contribution in [3.63, 3.8) is 0 Å². The van der Waals surface area contributed by atoms with Crippen LogP contribution in [0, 0.1) is 24.2 Å². The number of fused-ring (bicyclic) bond motifs is 1. The topological polar surface area (TPSA) is 59.3 Å². The summed E-state index contributed by atoms with van der Waals surface area (Å²) in [6.07, 6.45) is 8.80. The van der Waals surface area contributed by atoms with Crippen LogP contribution in [0.15, 0.2) is 48.7 Å². The predicted molar refractivity (Wildman–Crippen MR) is 120 cm³/mol. The van der Waals surface area contributed by atoms with Gasteiger partial charge >= 0.3 is 0 Å². The van der Waals surface area contributed by atoms with Crippen LogP contribution < -0.4 is 5.32 Å². The molecule has 160 valence electrons. The molecule has 3 aromatic rings. The van der Waals surface area contributed by atoms with Gasteiger partial charge in [-0.2, -0.15) is 0 Å². The number of hydrogen-bond donors (Lipinski definition) is 1. The zero-order chi connectivity index (χ0) is 21.2. The van der Waals surface area contributed by atoms with Gasteiger partial charge in [0.1, 0.15) is 0 Å². The van der Waals surface area contributed by atoms with Gasteiger partial charge in [-0.05, 0) is 87.3 Å². The Morgan fingerprint density at radius 1 is 1.06 bits per heavy atom. The average molecular weight is 415 g/mol. The standard InChI is InChI=1S/C26H30N4O/c1-17-6-8-21(9-7-17)25-12-19-11-20(13-25)15-26(14-19,16-25)24(31)27-18(2)23-29-28-22-5-3-4-10-30(22)23/h3-10,18-20H,11-16H2,1-2H3,(H,27,31). The zero-order valence-corrected chi connectivity index (χ0v) is 18.3. The second kappa shape index (κ2) is 6.65. The molecular formula is C26H30N4O. The molecule has 4 aliphatic rings. The summed E-state index contributed by atoms with van der Waals surface area (Å²) in [5.41, 5.74) is 3.48. The third kappa shape index (κ3) is 2.93. The molecule has 2 aromatic heterocycles. The number of rotatable bonds is 4. The lowest BCUT2D eigenvalue weighted by Crippen LogP contribution is -2.59. The smallest absolute Gasteiger partial charge is 0.226 e. The molecule has 5 heteroatoms. The molecule has 4 aliphatic carbocycles. The van der Waals surface area contributed by atoms with Crippen LogP contribution in [-0.4, -0.2) is 20.5 Å². The highest BCUT2D eigenvalue weighted by Crippen LogP contribution is 2.65. The van der Waals surface area contributed by atoms with E-state index < -0.39 is 0 Å². The monoisotopic (exact) mass is 414 g/mol. The second-order valence-corrected chi connectivity index (χ2v) is 10.6. The Hall–Kier alpha value is -2.69. The Labute approximate surface area is 183 Å². The number of benzene rings is 1. The van der Waals surface area contributed by atoms with Crippen molar-refractivity contribution in [2.24, 2.45) is 17.3 Å². The van der Waals surface area contributed by atoms with Gasteiger partial charge in [-0.3, -0.25) is 9.20 Å². The normalized spacial score (nSPS) is 32.3. The summed E-state index contributed by atoms with van der Waals surface area (Å²) in [5.74, 6) is 2.34. The first-order valence-electron chi connectivity index (χ1n) is 11.6. The summed E-state index contributed by atoms with van der Waals surface area (Å²) in [5, 5.41) is 12.0. The van der Waals surface area contributed by atoms with E-state index in [1.165, 1.54) is 30.4 Å². The van der Waals surface area contributed by atoms with E-state index >= 15 is 0 Å². The van der Waals surface area contributed by atoms with E-state index in [4.69, 9.17) is 0 Å². The molecule has 4 bridgehead atoms. The fraction of sp³-hybridized carbons (Fsp3) is 0.500. The Morgan fingerprint density at radius 2 is 1.81 bits per heavy atom. The summed E-state index contributed by atoms with van der Waals surface area (Å²) in [7, 11) is 0. The molecule has 2 heterocycles. The van der Waals surface area contributed by atoms with Gasteiger partial charge in [0.25, 0.3) is 0 Å². The SMILES string of the molecule is Cc1ccc(C23CC4CC(CC(C(=O)NC(C)c5nnc6ccccn56)(C4)C2)C3)cc1. The summed E-state index contributed by atoms with van der Waals surface area (Å²) in [4.78, 5) is 13.8. The molecule has 0 spiro atoms. The number of carbonyl (C=O) groups is 1. The molecule has 31 heavy (non-hydrogen) atoms. The Morgan fingerprint density at radius 3 is 2.55 bits per heavy atom. The Balaban J connectivity index is 1.30. The lowest BCUT2D eigenvalue weighted by Gasteiger charge is -2.61. The highest BCUT2D eigenvalue weighted by molar-refractivity contribution is 5.84. The average Bonchev–Trinajstić information content (AvgIpc) is 3.17. The Kier molecular flexibility index (Phi) is 4.08. The van der Waals surface area contributed by atoms with Crippen molar-refractivity contribution in [3.05, 3.63) is 65.6 Å². The number of carbonyl (C=O) groups excluding carboxylic acids is 1. The molecule has 1 amide bonds. The molecule has 4 fully saturated rings. The molecule has 3 atom stereocenters. The molecule has 0 aliphatic heterocycles. The quantitative estimate of drug-likeness (QED) is 0.670. The molecule has 7 rings (SSSR count). The van der Waals surface area contributed by atoms with Crippen LogP contribution >= 0.6 is 0 Å². The Bertz CT molecular complexity index is 1130. The first-order valence-corrected chi connectivity index (χ1v) is 11.6. The van der Waals surface area contributed by atoms with E-state index in [1.54, 1.807) is 0 Å². The molecule has 1 N–H and O–H groups in total. The van der Waals surface area contributed by atoms with Crippen LogP contribution in [0.3, 0.4) is 0 Å².